The van der Waals surface area contributed by atoms with E-state index in [4.69, 9.17) is 4.74 Å². The Hall–Kier alpha value is -1.38. The number of ether oxygens (including phenoxy) is 1. The summed E-state index contributed by atoms with van der Waals surface area (Å²) in [4.78, 5) is 0. The van der Waals surface area contributed by atoms with Gasteiger partial charge in [0.25, 0.3) is 0 Å². The molecule has 0 radical (unpaired) electrons. The molecule has 1 nitrogen and oxygen atoms in total. The van der Waals surface area contributed by atoms with Crippen molar-refractivity contribution in [2.75, 3.05) is 13.2 Å². The minimum Gasteiger partial charge on any atom is -0.381 e. The summed E-state index contributed by atoms with van der Waals surface area (Å²) in [5.74, 6) is 0. The Morgan fingerprint density at radius 3 is 2.67 bits per heavy atom. The van der Waals surface area contributed by atoms with Crippen LogP contribution in [0.4, 0.5) is 0 Å². The smallest absolute Gasteiger partial charge is 0.0466 e. The van der Waals surface area contributed by atoms with Crippen LogP contribution in [0.2, 0.25) is 0 Å². The summed E-state index contributed by atoms with van der Waals surface area (Å²) in [7, 11) is 0. The highest BCUT2D eigenvalue weighted by atomic mass is 32.1. The second-order valence-corrected chi connectivity index (χ2v) is 6.58. The first-order valence-corrected chi connectivity index (χ1v) is 8.68. The van der Waals surface area contributed by atoms with Crippen molar-refractivity contribution in [1.29, 1.82) is 0 Å². The second-order valence-electron chi connectivity index (χ2n) is 5.50. The topological polar surface area (TPSA) is 9.23 Å². The molecule has 0 spiro atoms. The predicted octanol–water partition coefficient (Wildman–Crippen LogP) is 5.80. The van der Waals surface area contributed by atoms with Gasteiger partial charge >= 0.3 is 0 Å². The van der Waals surface area contributed by atoms with Crippen LogP contribution in [0.25, 0.3) is 20.2 Å². The van der Waals surface area contributed by atoms with E-state index < -0.39 is 0 Å². The fourth-order valence-corrected chi connectivity index (χ4v) is 3.79. The minimum absolute atomic E-state index is 0.896. The van der Waals surface area contributed by atoms with Gasteiger partial charge in [0.05, 0.1) is 0 Å². The monoisotopic (exact) mass is 298 g/mol. The van der Waals surface area contributed by atoms with Crippen molar-refractivity contribution >= 4 is 31.5 Å². The molecule has 0 aliphatic carbocycles. The number of aryl methyl sites for hydroxylation is 1. The van der Waals surface area contributed by atoms with Crippen LogP contribution in [0, 0.1) is 0 Å². The molecule has 0 fully saturated rings. The summed E-state index contributed by atoms with van der Waals surface area (Å²) in [5.41, 5.74) is 1.45. The maximum Gasteiger partial charge on any atom is 0.0466 e. The molecule has 0 saturated carbocycles. The number of benzene rings is 2. The number of fused-ring (bicyclic) bond motifs is 3. The first-order chi connectivity index (χ1) is 10.4. The van der Waals surface area contributed by atoms with Crippen molar-refractivity contribution in [2.45, 2.75) is 32.6 Å². The van der Waals surface area contributed by atoms with Gasteiger partial charge in [0.1, 0.15) is 0 Å². The van der Waals surface area contributed by atoms with Gasteiger partial charge in [-0.15, -0.1) is 11.3 Å². The van der Waals surface area contributed by atoms with Crippen LogP contribution >= 0.6 is 11.3 Å². The van der Waals surface area contributed by atoms with Gasteiger partial charge in [-0.1, -0.05) is 31.2 Å². The molecule has 2 heteroatoms. The molecule has 0 aliphatic heterocycles. The van der Waals surface area contributed by atoms with E-state index >= 15 is 0 Å². The Kier molecular flexibility index (Phi) is 4.89. The second kappa shape index (κ2) is 7.06. The largest absolute Gasteiger partial charge is 0.381 e. The zero-order chi connectivity index (χ0) is 14.5. The number of thiophene rings is 1. The van der Waals surface area contributed by atoms with Crippen LogP contribution in [-0.2, 0) is 11.2 Å². The van der Waals surface area contributed by atoms with Crippen LogP contribution in [-0.4, -0.2) is 13.2 Å². The fraction of sp³-hybridized carbons (Fsp3) is 0.368. The Balaban J connectivity index is 1.68. The normalized spacial score (nSPS) is 11.5. The average molecular weight is 298 g/mol. The zero-order valence-electron chi connectivity index (χ0n) is 12.6. The van der Waals surface area contributed by atoms with Crippen LogP contribution in [0.1, 0.15) is 31.7 Å². The number of rotatable bonds is 7. The van der Waals surface area contributed by atoms with E-state index in [2.05, 4.69) is 49.4 Å². The Morgan fingerprint density at radius 1 is 0.905 bits per heavy atom. The predicted molar refractivity (Wildman–Crippen MR) is 93.4 cm³/mol. The van der Waals surface area contributed by atoms with Gasteiger partial charge in [0, 0.05) is 33.4 Å². The van der Waals surface area contributed by atoms with Crippen molar-refractivity contribution in [2.24, 2.45) is 0 Å². The third-order valence-electron chi connectivity index (χ3n) is 3.79. The molecule has 1 heterocycles. The fourth-order valence-electron chi connectivity index (χ4n) is 2.71. The summed E-state index contributed by atoms with van der Waals surface area (Å²) in [6.45, 7) is 3.95. The van der Waals surface area contributed by atoms with Gasteiger partial charge < -0.3 is 4.74 Å². The van der Waals surface area contributed by atoms with Crippen LogP contribution in [0.5, 0.6) is 0 Å². The Labute approximate surface area is 130 Å². The summed E-state index contributed by atoms with van der Waals surface area (Å²) in [6, 6.07) is 15.6. The average Bonchev–Trinajstić information content (AvgIpc) is 2.89. The van der Waals surface area contributed by atoms with E-state index in [9.17, 15) is 0 Å². The highest BCUT2D eigenvalue weighted by Gasteiger charge is 2.05. The molecule has 0 unspecified atom stereocenters. The maximum atomic E-state index is 5.54. The van der Waals surface area contributed by atoms with Crippen molar-refractivity contribution in [3.05, 3.63) is 48.0 Å². The molecule has 3 aromatic rings. The molecule has 0 N–H and O–H groups in total. The molecule has 1 aromatic heterocycles. The van der Waals surface area contributed by atoms with E-state index in [0.29, 0.717) is 0 Å². The van der Waals surface area contributed by atoms with Gasteiger partial charge in [-0.2, -0.15) is 0 Å². The van der Waals surface area contributed by atoms with Gasteiger partial charge in [0.2, 0.25) is 0 Å². The first-order valence-electron chi connectivity index (χ1n) is 7.86. The molecule has 110 valence electrons. The number of unbranched alkanes of at least 4 members (excludes halogenated alkanes) is 1. The van der Waals surface area contributed by atoms with Crippen molar-refractivity contribution in [1.82, 2.24) is 0 Å². The highest BCUT2D eigenvalue weighted by molar-refractivity contribution is 7.25. The molecule has 3 rings (SSSR count). The molecule has 0 bridgehead atoms. The molecule has 0 amide bonds. The third kappa shape index (κ3) is 3.45. The van der Waals surface area contributed by atoms with E-state index in [1.54, 1.807) is 0 Å². The van der Waals surface area contributed by atoms with E-state index in [0.717, 1.165) is 32.5 Å². The highest BCUT2D eigenvalue weighted by Crippen LogP contribution is 2.34. The van der Waals surface area contributed by atoms with Gasteiger partial charge in [-0.3, -0.25) is 0 Å². The molecule has 0 saturated heterocycles. The SMILES string of the molecule is CCCOCCCCc1ccc2sc3ccccc3c2c1. The molecule has 0 atom stereocenters. The summed E-state index contributed by atoms with van der Waals surface area (Å²) >= 11 is 1.89. The maximum absolute atomic E-state index is 5.54. The Morgan fingerprint density at radius 2 is 1.76 bits per heavy atom. The molecular weight excluding hydrogens is 276 g/mol. The van der Waals surface area contributed by atoms with Gasteiger partial charge in [0.15, 0.2) is 0 Å². The minimum atomic E-state index is 0.896. The Bertz CT molecular complexity index is 714. The van der Waals surface area contributed by atoms with Gasteiger partial charge in [-0.05, 0) is 49.4 Å². The summed E-state index contributed by atoms with van der Waals surface area (Å²) < 4.78 is 8.32. The zero-order valence-corrected chi connectivity index (χ0v) is 13.4. The van der Waals surface area contributed by atoms with Crippen molar-refractivity contribution < 1.29 is 4.74 Å². The molecular formula is C19H22OS. The van der Waals surface area contributed by atoms with Crippen molar-refractivity contribution in [3.63, 3.8) is 0 Å². The van der Waals surface area contributed by atoms with E-state index in [-0.39, 0.29) is 0 Å². The summed E-state index contributed by atoms with van der Waals surface area (Å²) in [6.07, 6.45) is 4.62. The van der Waals surface area contributed by atoms with Crippen LogP contribution < -0.4 is 0 Å². The van der Waals surface area contributed by atoms with Crippen LogP contribution in [0.3, 0.4) is 0 Å². The lowest BCUT2D eigenvalue weighted by Crippen LogP contribution is -1.96. The standard InChI is InChI=1S/C19H22OS/c1-2-12-20-13-6-5-7-15-10-11-19-17(14-15)16-8-3-4-9-18(16)21-19/h3-4,8-11,14H,2,5-7,12-13H2,1H3. The summed E-state index contributed by atoms with van der Waals surface area (Å²) in [5, 5.41) is 2.81. The lowest BCUT2D eigenvalue weighted by atomic mass is 10.0. The van der Waals surface area contributed by atoms with E-state index in [1.165, 1.54) is 32.2 Å². The van der Waals surface area contributed by atoms with Gasteiger partial charge in [-0.25, -0.2) is 0 Å². The lowest BCUT2D eigenvalue weighted by Gasteiger charge is -2.04. The van der Waals surface area contributed by atoms with Crippen LogP contribution in [0.15, 0.2) is 42.5 Å². The molecule has 21 heavy (non-hydrogen) atoms. The molecule has 0 aliphatic rings. The third-order valence-corrected chi connectivity index (χ3v) is 4.95. The lowest BCUT2D eigenvalue weighted by molar-refractivity contribution is 0.131. The first kappa shape index (κ1) is 14.6. The van der Waals surface area contributed by atoms with Crippen molar-refractivity contribution in [3.8, 4) is 0 Å². The quantitative estimate of drug-likeness (QED) is 0.501. The number of hydrogen-bond acceptors (Lipinski definition) is 2. The number of hydrogen-bond donors (Lipinski definition) is 0. The molecule has 2 aromatic carbocycles. The van der Waals surface area contributed by atoms with E-state index in [1.807, 2.05) is 11.3 Å².